The van der Waals surface area contributed by atoms with E-state index < -0.39 is 0 Å². The van der Waals surface area contributed by atoms with Gasteiger partial charge in [-0.2, -0.15) is 0 Å². The Balaban J connectivity index is 2.34. The van der Waals surface area contributed by atoms with E-state index in [0.717, 1.165) is 35.1 Å². The average Bonchev–Trinajstić information content (AvgIpc) is 2.28. The van der Waals surface area contributed by atoms with Crippen molar-refractivity contribution in [3.8, 4) is 0 Å². The van der Waals surface area contributed by atoms with Gasteiger partial charge in [0.05, 0.1) is 0 Å². The molecule has 0 aliphatic carbocycles. The van der Waals surface area contributed by atoms with Crippen LogP contribution in [0.15, 0.2) is 27.1 Å². The second-order valence-electron chi connectivity index (χ2n) is 3.81. The maximum absolute atomic E-state index is 3.55. The zero-order chi connectivity index (χ0) is 12.0. The molecule has 0 saturated heterocycles. The molecule has 0 amide bonds. The summed E-state index contributed by atoms with van der Waals surface area (Å²) in [5.74, 6) is 0. The van der Waals surface area contributed by atoms with Crippen LogP contribution >= 0.6 is 31.9 Å². The topological polar surface area (TPSA) is 15.3 Å². The summed E-state index contributed by atoms with van der Waals surface area (Å²) in [5, 5.41) is 3.44. The Morgan fingerprint density at radius 3 is 2.75 bits per heavy atom. The molecule has 0 heterocycles. The molecule has 16 heavy (non-hydrogen) atoms. The molecule has 1 aromatic carbocycles. The predicted octanol–water partition coefficient (Wildman–Crippen LogP) is 3.25. The molecule has 0 atom stereocenters. The number of likely N-dealkylation sites (N-methyl/N-ethyl adjacent to an activating group) is 1. The fraction of sp³-hybridized carbons (Fsp3) is 0.500. The predicted molar refractivity (Wildman–Crippen MR) is 76.7 cm³/mol. The summed E-state index contributed by atoms with van der Waals surface area (Å²) >= 11 is 7.04. The molecule has 0 aliphatic heterocycles. The zero-order valence-electron chi connectivity index (χ0n) is 9.76. The molecule has 0 radical (unpaired) electrons. The maximum atomic E-state index is 3.55. The van der Waals surface area contributed by atoms with Crippen LogP contribution in [0.25, 0.3) is 0 Å². The third kappa shape index (κ3) is 4.95. The minimum absolute atomic E-state index is 0.900. The smallest absolute Gasteiger partial charge is 0.0221 e. The number of hydrogen-bond donors (Lipinski definition) is 1. The molecule has 1 rings (SSSR count). The number of nitrogens with zero attached hydrogens (tertiary/aromatic N) is 1. The highest BCUT2D eigenvalue weighted by Gasteiger charge is 2.00. The van der Waals surface area contributed by atoms with Crippen molar-refractivity contribution in [3.63, 3.8) is 0 Å². The zero-order valence-corrected chi connectivity index (χ0v) is 12.9. The van der Waals surface area contributed by atoms with Gasteiger partial charge in [0.15, 0.2) is 0 Å². The third-order valence-corrected chi connectivity index (χ3v) is 3.80. The van der Waals surface area contributed by atoms with E-state index in [1.165, 1.54) is 5.56 Å². The van der Waals surface area contributed by atoms with Crippen molar-refractivity contribution in [2.45, 2.75) is 13.5 Å². The number of benzene rings is 1. The summed E-state index contributed by atoms with van der Waals surface area (Å²) < 4.78 is 2.28. The Hall–Kier alpha value is 0.1000. The average molecular weight is 350 g/mol. The van der Waals surface area contributed by atoms with E-state index in [9.17, 15) is 0 Å². The second-order valence-corrected chi connectivity index (χ2v) is 5.58. The van der Waals surface area contributed by atoms with Gasteiger partial charge in [-0.15, -0.1) is 0 Å². The van der Waals surface area contributed by atoms with E-state index in [-0.39, 0.29) is 0 Å². The van der Waals surface area contributed by atoms with E-state index in [0.29, 0.717) is 0 Å². The van der Waals surface area contributed by atoms with Crippen molar-refractivity contribution in [1.82, 2.24) is 10.2 Å². The largest absolute Gasteiger partial charge is 0.311 e. The highest BCUT2D eigenvalue weighted by Crippen LogP contribution is 2.21. The van der Waals surface area contributed by atoms with Crippen LogP contribution in [0, 0.1) is 0 Å². The van der Waals surface area contributed by atoms with Crippen LogP contribution in [-0.4, -0.2) is 31.6 Å². The second kappa shape index (κ2) is 7.43. The first-order valence-electron chi connectivity index (χ1n) is 5.46. The number of nitrogens with one attached hydrogen (secondary N) is 1. The molecule has 2 nitrogen and oxygen atoms in total. The Morgan fingerprint density at radius 2 is 2.06 bits per heavy atom. The van der Waals surface area contributed by atoms with Crippen molar-refractivity contribution in [1.29, 1.82) is 0 Å². The minimum Gasteiger partial charge on any atom is -0.311 e. The summed E-state index contributed by atoms with van der Waals surface area (Å²) in [5.41, 5.74) is 1.29. The van der Waals surface area contributed by atoms with E-state index in [4.69, 9.17) is 0 Å². The first-order valence-corrected chi connectivity index (χ1v) is 7.05. The molecular weight excluding hydrogens is 332 g/mol. The maximum Gasteiger partial charge on any atom is 0.0221 e. The Bertz CT molecular complexity index is 329. The lowest BCUT2D eigenvalue weighted by Gasteiger charge is -2.14. The van der Waals surface area contributed by atoms with Crippen molar-refractivity contribution >= 4 is 31.9 Å². The Labute approximate surface area is 115 Å². The summed E-state index contributed by atoms with van der Waals surface area (Å²) in [6.07, 6.45) is 0. The van der Waals surface area contributed by atoms with Gasteiger partial charge in [0.25, 0.3) is 0 Å². The van der Waals surface area contributed by atoms with Crippen LogP contribution in [0.2, 0.25) is 0 Å². The SMILES string of the molecule is CCN(C)CCNCc1cc(Br)ccc1Br. The number of halogens is 2. The first-order chi connectivity index (χ1) is 7.63. The normalized spacial score (nSPS) is 11.1. The van der Waals surface area contributed by atoms with Gasteiger partial charge in [-0.3, -0.25) is 0 Å². The van der Waals surface area contributed by atoms with Crippen LogP contribution in [0.1, 0.15) is 12.5 Å². The third-order valence-electron chi connectivity index (χ3n) is 2.53. The molecule has 1 N–H and O–H groups in total. The van der Waals surface area contributed by atoms with Crippen LogP contribution in [0.4, 0.5) is 0 Å². The van der Waals surface area contributed by atoms with Crippen LogP contribution in [-0.2, 0) is 6.54 Å². The van der Waals surface area contributed by atoms with E-state index >= 15 is 0 Å². The first kappa shape index (κ1) is 14.2. The number of hydrogen-bond acceptors (Lipinski definition) is 2. The highest BCUT2D eigenvalue weighted by molar-refractivity contribution is 9.11. The molecule has 90 valence electrons. The van der Waals surface area contributed by atoms with Crippen LogP contribution < -0.4 is 5.32 Å². The number of rotatable bonds is 6. The fourth-order valence-electron chi connectivity index (χ4n) is 1.33. The van der Waals surface area contributed by atoms with Crippen molar-refractivity contribution in [3.05, 3.63) is 32.7 Å². The minimum atomic E-state index is 0.900. The van der Waals surface area contributed by atoms with Gasteiger partial charge in [0.2, 0.25) is 0 Å². The molecule has 0 unspecified atom stereocenters. The standard InChI is InChI=1S/C12H18Br2N2/c1-3-16(2)7-6-15-9-10-8-11(13)4-5-12(10)14/h4-5,8,15H,3,6-7,9H2,1-2H3. The van der Waals surface area contributed by atoms with Crippen LogP contribution in [0.3, 0.4) is 0 Å². The summed E-state index contributed by atoms with van der Waals surface area (Å²) in [7, 11) is 2.14. The Morgan fingerprint density at radius 1 is 1.31 bits per heavy atom. The molecule has 0 aliphatic rings. The molecule has 0 spiro atoms. The molecule has 0 aromatic heterocycles. The van der Waals surface area contributed by atoms with Gasteiger partial charge in [-0.1, -0.05) is 38.8 Å². The van der Waals surface area contributed by atoms with Crippen molar-refractivity contribution in [2.75, 3.05) is 26.7 Å². The Kier molecular flexibility index (Phi) is 6.58. The summed E-state index contributed by atoms with van der Waals surface area (Å²) in [6.45, 7) is 6.27. The summed E-state index contributed by atoms with van der Waals surface area (Å²) in [4.78, 5) is 2.29. The molecule has 4 heteroatoms. The van der Waals surface area contributed by atoms with Gasteiger partial charge >= 0.3 is 0 Å². The van der Waals surface area contributed by atoms with Crippen LogP contribution in [0.5, 0.6) is 0 Å². The molecular formula is C12H18Br2N2. The monoisotopic (exact) mass is 348 g/mol. The van der Waals surface area contributed by atoms with Gasteiger partial charge in [0.1, 0.15) is 0 Å². The molecule has 0 bridgehead atoms. The van der Waals surface area contributed by atoms with E-state index in [1.807, 2.05) is 6.07 Å². The van der Waals surface area contributed by atoms with Crippen molar-refractivity contribution in [2.24, 2.45) is 0 Å². The van der Waals surface area contributed by atoms with E-state index in [2.05, 4.69) is 68.2 Å². The quantitative estimate of drug-likeness (QED) is 0.793. The lowest BCUT2D eigenvalue weighted by molar-refractivity contribution is 0.349. The molecule has 0 fully saturated rings. The molecule has 0 saturated carbocycles. The lowest BCUT2D eigenvalue weighted by atomic mass is 10.2. The highest BCUT2D eigenvalue weighted by atomic mass is 79.9. The van der Waals surface area contributed by atoms with Gasteiger partial charge in [-0.05, 0) is 37.4 Å². The van der Waals surface area contributed by atoms with E-state index in [1.54, 1.807) is 0 Å². The fourth-order valence-corrected chi connectivity index (χ4v) is 2.13. The lowest BCUT2D eigenvalue weighted by Crippen LogP contribution is -2.28. The summed E-state index contributed by atoms with van der Waals surface area (Å²) in [6, 6.07) is 6.25. The van der Waals surface area contributed by atoms with Gasteiger partial charge in [-0.25, -0.2) is 0 Å². The van der Waals surface area contributed by atoms with Gasteiger partial charge in [0, 0.05) is 28.6 Å². The van der Waals surface area contributed by atoms with Gasteiger partial charge < -0.3 is 10.2 Å². The molecule has 1 aromatic rings. The van der Waals surface area contributed by atoms with Crippen molar-refractivity contribution < 1.29 is 0 Å².